The smallest absolute Gasteiger partial charge is 0.316 e. The molecule has 0 fully saturated rings. The van der Waals surface area contributed by atoms with Crippen LogP contribution in [0.15, 0.2) is 21.9 Å². The molecular weight excluding hydrogens is 206 g/mol. The van der Waals surface area contributed by atoms with Crippen LogP contribution in [-0.2, 0) is 6.54 Å². The number of aromatic amines is 1. The van der Waals surface area contributed by atoms with Gasteiger partial charge in [0.05, 0.1) is 0 Å². The molecule has 0 aliphatic rings. The summed E-state index contributed by atoms with van der Waals surface area (Å²) in [5.41, 5.74) is -0.685. The fourth-order valence-corrected chi connectivity index (χ4v) is 1.39. The van der Waals surface area contributed by atoms with Gasteiger partial charge in [-0.3, -0.25) is 9.78 Å². The van der Waals surface area contributed by atoms with E-state index in [-0.39, 0.29) is 11.2 Å². The van der Waals surface area contributed by atoms with E-state index in [4.69, 9.17) is 0 Å². The maximum absolute atomic E-state index is 11.3. The van der Waals surface area contributed by atoms with E-state index in [2.05, 4.69) is 24.1 Å². The molecule has 0 radical (unpaired) electrons. The molecule has 0 saturated carbocycles. The summed E-state index contributed by atoms with van der Waals surface area (Å²) in [4.78, 5) is 24.3. The van der Waals surface area contributed by atoms with Crippen molar-refractivity contribution in [2.75, 3.05) is 13.1 Å². The summed E-state index contributed by atoms with van der Waals surface area (Å²) in [6.07, 6.45) is 2.41. The fraction of sp³-hybridized carbons (Fsp3) is 0.636. The number of hydrogen-bond acceptors (Lipinski definition) is 3. The molecule has 1 aromatic heterocycles. The third kappa shape index (κ3) is 4.44. The Balaban J connectivity index is 2.32. The van der Waals surface area contributed by atoms with Crippen molar-refractivity contribution in [1.29, 1.82) is 0 Å². The monoisotopic (exact) mass is 225 g/mol. The second-order valence-corrected chi connectivity index (χ2v) is 4.26. The number of nitrogens with zero attached hydrogens (tertiary/aromatic N) is 1. The summed E-state index contributed by atoms with van der Waals surface area (Å²) in [5.74, 6) is 0.635. The van der Waals surface area contributed by atoms with E-state index in [1.807, 2.05) is 0 Å². The standard InChI is InChI=1S/C11H19N3O2/c1-9(2)8-12-5-3-6-14-7-4-10(15)13-11(14)16/h4,7,9,12H,3,5-6,8H2,1-2H3,(H,13,15,16). The van der Waals surface area contributed by atoms with Crippen molar-refractivity contribution in [3.05, 3.63) is 33.1 Å². The Kier molecular flexibility index (Phi) is 4.98. The highest BCUT2D eigenvalue weighted by atomic mass is 16.2. The highest BCUT2D eigenvalue weighted by Gasteiger charge is 1.96. The van der Waals surface area contributed by atoms with E-state index < -0.39 is 0 Å². The second-order valence-electron chi connectivity index (χ2n) is 4.26. The molecule has 0 spiro atoms. The van der Waals surface area contributed by atoms with Gasteiger partial charge in [0.15, 0.2) is 0 Å². The number of nitrogens with one attached hydrogen (secondary N) is 2. The van der Waals surface area contributed by atoms with Crippen LogP contribution in [0.4, 0.5) is 0 Å². The van der Waals surface area contributed by atoms with E-state index >= 15 is 0 Å². The first-order valence-electron chi connectivity index (χ1n) is 5.60. The molecule has 5 nitrogen and oxygen atoms in total. The highest BCUT2D eigenvalue weighted by molar-refractivity contribution is 4.82. The van der Waals surface area contributed by atoms with Crippen LogP contribution in [0.2, 0.25) is 0 Å². The lowest BCUT2D eigenvalue weighted by Gasteiger charge is -2.07. The van der Waals surface area contributed by atoms with Crippen molar-refractivity contribution in [1.82, 2.24) is 14.9 Å². The first-order chi connectivity index (χ1) is 7.59. The summed E-state index contributed by atoms with van der Waals surface area (Å²) >= 11 is 0. The van der Waals surface area contributed by atoms with Crippen LogP contribution in [-0.4, -0.2) is 22.6 Å². The first kappa shape index (κ1) is 12.7. The van der Waals surface area contributed by atoms with E-state index in [9.17, 15) is 9.59 Å². The van der Waals surface area contributed by atoms with Crippen LogP contribution in [0.3, 0.4) is 0 Å². The molecule has 0 aliphatic carbocycles. The van der Waals surface area contributed by atoms with Gasteiger partial charge in [-0.15, -0.1) is 0 Å². The highest BCUT2D eigenvalue weighted by Crippen LogP contribution is 1.88. The number of rotatable bonds is 6. The summed E-state index contributed by atoms with van der Waals surface area (Å²) < 4.78 is 1.51. The van der Waals surface area contributed by atoms with Crippen LogP contribution < -0.4 is 16.6 Å². The number of aromatic nitrogens is 2. The molecule has 0 unspecified atom stereocenters. The van der Waals surface area contributed by atoms with E-state index in [0.717, 1.165) is 19.5 Å². The predicted octanol–water partition coefficient (Wildman–Crippen LogP) is 0.172. The van der Waals surface area contributed by atoms with Crippen molar-refractivity contribution < 1.29 is 0 Å². The van der Waals surface area contributed by atoms with Crippen molar-refractivity contribution in [3.8, 4) is 0 Å². The maximum atomic E-state index is 11.3. The third-order valence-electron chi connectivity index (χ3n) is 2.20. The van der Waals surface area contributed by atoms with Crippen molar-refractivity contribution in [2.45, 2.75) is 26.8 Å². The van der Waals surface area contributed by atoms with E-state index in [0.29, 0.717) is 12.5 Å². The minimum absolute atomic E-state index is 0.337. The first-order valence-corrected chi connectivity index (χ1v) is 5.60. The Morgan fingerprint density at radius 3 is 2.81 bits per heavy atom. The summed E-state index contributed by atoms with van der Waals surface area (Å²) in [7, 11) is 0. The molecule has 0 bridgehead atoms. The van der Waals surface area contributed by atoms with Gasteiger partial charge in [-0.2, -0.15) is 0 Å². The summed E-state index contributed by atoms with van der Waals surface area (Å²) in [5, 5.41) is 3.30. The van der Waals surface area contributed by atoms with Crippen LogP contribution in [0.25, 0.3) is 0 Å². The summed E-state index contributed by atoms with van der Waals surface area (Å²) in [6, 6.07) is 1.36. The molecule has 90 valence electrons. The normalized spacial score (nSPS) is 10.9. The Morgan fingerprint density at radius 2 is 2.19 bits per heavy atom. The quantitative estimate of drug-likeness (QED) is 0.678. The molecule has 0 saturated heterocycles. The van der Waals surface area contributed by atoms with Crippen LogP contribution in [0.5, 0.6) is 0 Å². The fourth-order valence-electron chi connectivity index (χ4n) is 1.39. The molecule has 0 aromatic carbocycles. The summed E-state index contributed by atoms with van der Waals surface area (Å²) in [6.45, 7) is 6.80. The van der Waals surface area contributed by atoms with Crippen molar-refractivity contribution in [2.24, 2.45) is 5.92 Å². The molecule has 0 amide bonds. The number of aryl methyl sites for hydroxylation is 1. The van der Waals surface area contributed by atoms with Gasteiger partial charge in [0.1, 0.15) is 0 Å². The van der Waals surface area contributed by atoms with E-state index in [1.54, 1.807) is 0 Å². The van der Waals surface area contributed by atoms with Gasteiger partial charge in [-0.25, -0.2) is 4.79 Å². The molecular formula is C11H19N3O2. The lowest BCUT2D eigenvalue weighted by molar-refractivity contribution is 0.514. The van der Waals surface area contributed by atoms with Crippen LogP contribution in [0.1, 0.15) is 20.3 Å². The molecule has 0 atom stereocenters. The number of hydrogen-bond donors (Lipinski definition) is 2. The lowest BCUT2D eigenvalue weighted by atomic mass is 10.2. The topological polar surface area (TPSA) is 66.9 Å². The molecule has 1 heterocycles. The molecule has 1 aromatic rings. The minimum Gasteiger partial charge on any atom is -0.316 e. The zero-order valence-electron chi connectivity index (χ0n) is 9.82. The largest absolute Gasteiger partial charge is 0.328 e. The average Bonchev–Trinajstić information content (AvgIpc) is 2.20. The zero-order valence-corrected chi connectivity index (χ0v) is 9.82. The lowest BCUT2D eigenvalue weighted by Crippen LogP contribution is -2.30. The van der Waals surface area contributed by atoms with Gasteiger partial charge in [-0.1, -0.05) is 13.8 Å². The second kappa shape index (κ2) is 6.27. The van der Waals surface area contributed by atoms with Crippen molar-refractivity contribution >= 4 is 0 Å². The Hall–Kier alpha value is -1.36. The van der Waals surface area contributed by atoms with Gasteiger partial charge in [-0.05, 0) is 25.4 Å². The van der Waals surface area contributed by atoms with Gasteiger partial charge >= 0.3 is 5.69 Å². The van der Waals surface area contributed by atoms with Crippen LogP contribution in [0, 0.1) is 5.92 Å². The average molecular weight is 225 g/mol. The third-order valence-corrected chi connectivity index (χ3v) is 2.20. The number of H-pyrrole nitrogens is 1. The Bertz CT molecular complexity index is 420. The minimum atomic E-state index is -0.348. The van der Waals surface area contributed by atoms with Gasteiger partial charge in [0, 0.05) is 18.8 Å². The molecule has 5 heteroatoms. The van der Waals surface area contributed by atoms with Gasteiger partial charge in [0.2, 0.25) is 0 Å². The van der Waals surface area contributed by atoms with Crippen LogP contribution >= 0.6 is 0 Å². The Labute approximate surface area is 94.5 Å². The van der Waals surface area contributed by atoms with Gasteiger partial charge in [0.25, 0.3) is 5.56 Å². The maximum Gasteiger partial charge on any atom is 0.328 e. The molecule has 1 rings (SSSR count). The Morgan fingerprint density at radius 1 is 1.44 bits per heavy atom. The van der Waals surface area contributed by atoms with E-state index in [1.165, 1.54) is 16.8 Å². The SMILES string of the molecule is CC(C)CNCCCn1ccc(=O)[nH]c1=O. The van der Waals surface area contributed by atoms with Gasteiger partial charge < -0.3 is 9.88 Å². The molecule has 2 N–H and O–H groups in total. The predicted molar refractivity (Wildman–Crippen MR) is 63.6 cm³/mol. The molecule has 0 aliphatic heterocycles. The zero-order chi connectivity index (χ0) is 12.0. The molecule has 16 heavy (non-hydrogen) atoms. The van der Waals surface area contributed by atoms with Crippen molar-refractivity contribution in [3.63, 3.8) is 0 Å².